The molecule has 0 aliphatic heterocycles. The molecule has 1 aromatic carbocycles. The maximum absolute atomic E-state index is 14.1. The summed E-state index contributed by atoms with van der Waals surface area (Å²) in [5, 5.41) is 0. The third kappa shape index (κ3) is 5.86. The van der Waals surface area contributed by atoms with Gasteiger partial charge in [-0.05, 0) is 37.0 Å². The first-order valence-corrected chi connectivity index (χ1v) is 8.15. The Morgan fingerprint density at radius 3 is 2.19 bits per heavy atom. The molecule has 0 unspecified atom stereocenters. The molecule has 3 heteroatoms. The van der Waals surface area contributed by atoms with Crippen LogP contribution in [0.1, 0.15) is 79.8 Å². The fourth-order valence-electron chi connectivity index (χ4n) is 2.65. The number of carbonyl (C=O) groups is 1. The molecule has 21 heavy (non-hydrogen) atoms. The SMILES string of the molecule is CCCCCCCCCCc1ccc(C(N)=O)c(C)c1F. The minimum atomic E-state index is -0.565. The summed E-state index contributed by atoms with van der Waals surface area (Å²) in [5.74, 6) is -0.834. The van der Waals surface area contributed by atoms with Crippen molar-refractivity contribution in [3.05, 3.63) is 34.6 Å². The van der Waals surface area contributed by atoms with E-state index in [1.165, 1.54) is 38.5 Å². The number of hydrogen-bond donors (Lipinski definition) is 1. The van der Waals surface area contributed by atoms with E-state index in [1.54, 1.807) is 19.1 Å². The fraction of sp³-hybridized carbons (Fsp3) is 0.611. The average molecular weight is 293 g/mol. The summed E-state index contributed by atoms with van der Waals surface area (Å²) in [4.78, 5) is 11.1. The second kappa shape index (κ2) is 9.54. The van der Waals surface area contributed by atoms with Gasteiger partial charge >= 0.3 is 0 Å². The summed E-state index contributed by atoms with van der Waals surface area (Å²) in [7, 11) is 0. The number of rotatable bonds is 10. The Morgan fingerprint density at radius 1 is 1.05 bits per heavy atom. The van der Waals surface area contributed by atoms with Gasteiger partial charge in [0.15, 0.2) is 0 Å². The van der Waals surface area contributed by atoms with Crippen LogP contribution in [-0.4, -0.2) is 5.91 Å². The number of amides is 1. The van der Waals surface area contributed by atoms with Gasteiger partial charge in [0.2, 0.25) is 5.91 Å². The zero-order chi connectivity index (χ0) is 15.7. The van der Waals surface area contributed by atoms with Crippen molar-refractivity contribution in [3.8, 4) is 0 Å². The van der Waals surface area contributed by atoms with E-state index in [-0.39, 0.29) is 11.4 Å². The van der Waals surface area contributed by atoms with Gasteiger partial charge in [-0.15, -0.1) is 0 Å². The molecule has 0 fully saturated rings. The summed E-state index contributed by atoms with van der Waals surface area (Å²) in [6.07, 6.45) is 10.6. The second-order valence-corrected chi connectivity index (χ2v) is 5.80. The Kier molecular flexibility index (Phi) is 8.03. The van der Waals surface area contributed by atoms with Gasteiger partial charge in [-0.25, -0.2) is 4.39 Å². The molecule has 0 saturated carbocycles. The number of benzene rings is 1. The zero-order valence-corrected chi connectivity index (χ0v) is 13.4. The third-order valence-electron chi connectivity index (χ3n) is 4.03. The van der Waals surface area contributed by atoms with E-state index in [0.717, 1.165) is 19.3 Å². The molecule has 0 aliphatic rings. The Balaban J connectivity index is 2.33. The topological polar surface area (TPSA) is 43.1 Å². The maximum atomic E-state index is 14.1. The Morgan fingerprint density at radius 2 is 1.62 bits per heavy atom. The van der Waals surface area contributed by atoms with Crippen molar-refractivity contribution in [2.24, 2.45) is 5.73 Å². The number of carbonyl (C=O) groups excluding carboxylic acids is 1. The van der Waals surface area contributed by atoms with Gasteiger partial charge in [0.25, 0.3) is 0 Å². The highest BCUT2D eigenvalue weighted by atomic mass is 19.1. The fourth-order valence-corrected chi connectivity index (χ4v) is 2.65. The van der Waals surface area contributed by atoms with E-state index in [0.29, 0.717) is 11.1 Å². The molecular formula is C18H28FNO. The van der Waals surface area contributed by atoms with E-state index >= 15 is 0 Å². The first kappa shape index (κ1) is 17.7. The summed E-state index contributed by atoms with van der Waals surface area (Å²) < 4.78 is 14.1. The van der Waals surface area contributed by atoms with E-state index in [1.807, 2.05) is 0 Å². The lowest BCUT2D eigenvalue weighted by Crippen LogP contribution is -2.14. The van der Waals surface area contributed by atoms with Crippen LogP contribution in [0.5, 0.6) is 0 Å². The van der Waals surface area contributed by atoms with E-state index in [4.69, 9.17) is 5.73 Å². The second-order valence-electron chi connectivity index (χ2n) is 5.80. The third-order valence-corrected chi connectivity index (χ3v) is 4.03. The van der Waals surface area contributed by atoms with Gasteiger partial charge in [-0.3, -0.25) is 4.79 Å². The van der Waals surface area contributed by atoms with Gasteiger partial charge in [0.1, 0.15) is 5.82 Å². The first-order chi connectivity index (χ1) is 10.1. The maximum Gasteiger partial charge on any atom is 0.249 e. The van der Waals surface area contributed by atoms with Crippen LogP contribution in [0.3, 0.4) is 0 Å². The lowest BCUT2D eigenvalue weighted by molar-refractivity contribution is 0.0999. The van der Waals surface area contributed by atoms with Gasteiger partial charge in [-0.2, -0.15) is 0 Å². The van der Waals surface area contributed by atoms with Crippen molar-refractivity contribution in [2.75, 3.05) is 0 Å². The number of primary amides is 1. The van der Waals surface area contributed by atoms with Crippen molar-refractivity contribution >= 4 is 5.91 Å². The standard InChI is InChI=1S/C18H28FNO/c1-3-4-5-6-7-8-9-10-11-15-12-13-16(18(20)21)14(2)17(15)19/h12-13H,3-11H2,1-2H3,(H2,20,21). The Labute approximate surface area is 127 Å². The Bertz CT molecular complexity index is 457. The summed E-state index contributed by atoms with van der Waals surface area (Å²) in [6, 6.07) is 3.34. The number of halogens is 1. The summed E-state index contributed by atoms with van der Waals surface area (Å²) >= 11 is 0. The molecule has 0 saturated heterocycles. The Hall–Kier alpha value is -1.38. The summed E-state index contributed by atoms with van der Waals surface area (Å²) in [5.41, 5.74) is 6.57. The van der Waals surface area contributed by atoms with Crippen molar-refractivity contribution in [3.63, 3.8) is 0 Å². The van der Waals surface area contributed by atoms with Gasteiger partial charge in [-0.1, -0.05) is 57.9 Å². The first-order valence-electron chi connectivity index (χ1n) is 8.15. The zero-order valence-electron chi connectivity index (χ0n) is 13.4. The highest BCUT2D eigenvalue weighted by molar-refractivity contribution is 5.94. The number of hydrogen-bond acceptors (Lipinski definition) is 1. The minimum absolute atomic E-state index is 0.269. The van der Waals surface area contributed by atoms with Crippen LogP contribution in [-0.2, 0) is 6.42 Å². The molecule has 1 aromatic rings. The van der Waals surface area contributed by atoms with Crippen molar-refractivity contribution < 1.29 is 9.18 Å². The molecule has 0 atom stereocenters. The molecule has 2 nitrogen and oxygen atoms in total. The molecule has 0 aromatic heterocycles. The monoisotopic (exact) mass is 293 g/mol. The predicted molar refractivity (Wildman–Crippen MR) is 86.0 cm³/mol. The molecule has 0 spiro atoms. The smallest absolute Gasteiger partial charge is 0.249 e. The lowest BCUT2D eigenvalue weighted by atomic mass is 9.99. The van der Waals surface area contributed by atoms with Crippen LogP contribution in [0.25, 0.3) is 0 Å². The molecule has 1 amide bonds. The highest BCUT2D eigenvalue weighted by Crippen LogP contribution is 2.19. The van der Waals surface area contributed by atoms with E-state index in [2.05, 4.69) is 6.92 Å². The van der Waals surface area contributed by atoms with Crippen molar-refractivity contribution in [2.45, 2.75) is 71.6 Å². The van der Waals surface area contributed by atoms with Gasteiger partial charge in [0.05, 0.1) is 0 Å². The molecule has 0 aliphatic carbocycles. The molecule has 2 N–H and O–H groups in total. The largest absolute Gasteiger partial charge is 0.366 e. The number of nitrogens with two attached hydrogens (primary N) is 1. The van der Waals surface area contributed by atoms with Crippen molar-refractivity contribution in [1.82, 2.24) is 0 Å². The van der Waals surface area contributed by atoms with Crippen LogP contribution in [0.15, 0.2) is 12.1 Å². The van der Waals surface area contributed by atoms with Crippen LogP contribution in [0, 0.1) is 12.7 Å². The van der Waals surface area contributed by atoms with Crippen LogP contribution in [0.2, 0.25) is 0 Å². The van der Waals surface area contributed by atoms with Crippen LogP contribution >= 0.6 is 0 Å². The molecular weight excluding hydrogens is 265 g/mol. The van der Waals surface area contributed by atoms with E-state index < -0.39 is 5.91 Å². The van der Waals surface area contributed by atoms with Gasteiger partial charge < -0.3 is 5.73 Å². The van der Waals surface area contributed by atoms with Crippen LogP contribution in [0.4, 0.5) is 4.39 Å². The predicted octanol–water partition coefficient (Wildman–Crippen LogP) is 4.92. The van der Waals surface area contributed by atoms with Crippen molar-refractivity contribution in [1.29, 1.82) is 0 Å². The lowest BCUT2D eigenvalue weighted by Gasteiger charge is -2.09. The molecule has 0 heterocycles. The minimum Gasteiger partial charge on any atom is -0.366 e. The van der Waals surface area contributed by atoms with Gasteiger partial charge in [0, 0.05) is 5.56 Å². The van der Waals surface area contributed by atoms with E-state index in [9.17, 15) is 9.18 Å². The average Bonchev–Trinajstić information content (AvgIpc) is 2.45. The molecule has 0 bridgehead atoms. The molecule has 118 valence electrons. The highest BCUT2D eigenvalue weighted by Gasteiger charge is 2.12. The number of unbranched alkanes of at least 4 members (excludes halogenated alkanes) is 7. The summed E-state index contributed by atoms with van der Waals surface area (Å²) in [6.45, 7) is 3.84. The normalized spacial score (nSPS) is 10.8. The van der Waals surface area contributed by atoms with Crippen LogP contribution < -0.4 is 5.73 Å². The number of aryl methyl sites for hydroxylation is 1. The molecule has 0 radical (unpaired) electrons. The quantitative estimate of drug-likeness (QED) is 0.611. The molecule has 1 rings (SSSR count).